The monoisotopic (exact) mass is 276 g/mol. The molecule has 0 amide bonds. The number of benzene rings is 1. The predicted molar refractivity (Wildman–Crippen MR) is 84.0 cm³/mol. The number of piperidine rings is 1. The summed E-state index contributed by atoms with van der Waals surface area (Å²) in [6, 6.07) is 6.87. The first-order valence-corrected chi connectivity index (χ1v) is 7.61. The van der Waals surface area contributed by atoms with Crippen molar-refractivity contribution in [1.82, 2.24) is 9.80 Å². The highest BCUT2D eigenvalue weighted by Gasteiger charge is 2.22. The van der Waals surface area contributed by atoms with Gasteiger partial charge in [0.05, 0.1) is 6.10 Å². The first kappa shape index (κ1) is 15.5. The Hall–Kier alpha value is -0.900. The molecule has 1 aliphatic rings. The molecule has 0 aromatic heterocycles. The van der Waals surface area contributed by atoms with Crippen LogP contribution in [-0.2, 0) is 0 Å². The van der Waals surface area contributed by atoms with Crippen LogP contribution in [0.25, 0.3) is 0 Å². The van der Waals surface area contributed by atoms with Crippen LogP contribution in [0.2, 0.25) is 0 Å². The molecular weight excluding hydrogens is 248 g/mol. The summed E-state index contributed by atoms with van der Waals surface area (Å²) in [5.41, 5.74) is 3.57. The Morgan fingerprint density at radius 2 is 1.90 bits per heavy atom. The van der Waals surface area contributed by atoms with Crippen LogP contribution >= 0.6 is 0 Å². The zero-order valence-corrected chi connectivity index (χ0v) is 13.3. The SMILES string of the molecule is Cc1ccc(C(O)CN(C)C2CCN(C)CC2)cc1C. The van der Waals surface area contributed by atoms with E-state index in [0.717, 1.165) is 25.2 Å². The van der Waals surface area contributed by atoms with Gasteiger partial charge in [0, 0.05) is 12.6 Å². The number of hydrogen-bond acceptors (Lipinski definition) is 3. The number of hydrogen-bond donors (Lipinski definition) is 1. The molecule has 1 aliphatic heterocycles. The number of aryl methyl sites for hydroxylation is 2. The van der Waals surface area contributed by atoms with Gasteiger partial charge in [0.2, 0.25) is 0 Å². The van der Waals surface area contributed by atoms with E-state index in [2.05, 4.69) is 55.9 Å². The first-order chi connectivity index (χ1) is 9.47. The summed E-state index contributed by atoms with van der Waals surface area (Å²) in [4.78, 5) is 4.71. The molecule has 0 spiro atoms. The average molecular weight is 276 g/mol. The number of likely N-dealkylation sites (tertiary alicyclic amines) is 1. The van der Waals surface area contributed by atoms with Gasteiger partial charge in [-0.25, -0.2) is 0 Å². The van der Waals surface area contributed by atoms with Gasteiger partial charge in [-0.2, -0.15) is 0 Å². The van der Waals surface area contributed by atoms with Crippen molar-refractivity contribution in [2.75, 3.05) is 33.7 Å². The summed E-state index contributed by atoms with van der Waals surface area (Å²) in [6.07, 6.45) is 2.01. The van der Waals surface area contributed by atoms with Crippen LogP contribution in [0.4, 0.5) is 0 Å². The molecule has 0 saturated carbocycles. The Morgan fingerprint density at radius 3 is 2.50 bits per heavy atom. The van der Waals surface area contributed by atoms with Crippen molar-refractivity contribution < 1.29 is 5.11 Å². The van der Waals surface area contributed by atoms with Crippen LogP contribution in [0.15, 0.2) is 18.2 Å². The highest BCUT2D eigenvalue weighted by molar-refractivity contribution is 5.31. The van der Waals surface area contributed by atoms with Crippen molar-refractivity contribution >= 4 is 0 Å². The molecule has 112 valence electrons. The van der Waals surface area contributed by atoms with Crippen LogP contribution in [0.3, 0.4) is 0 Å². The number of aliphatic hydroxyl groups excluding tert-OH is 1. The van der Waals surface area contributed by atoms with Crippen LogP contribution < -0.4 is 0 Å². The van der Waals surface area contributed by atoms with E-state index in [1.54, 1.807) is 0 Å². The first-order valence-electron chi connectivity index (χ1n) is 7.61. The zero-order valence-electron chi connectivity index (χ0n) is 13.3. The van der Waals surface area contributed by atoms with Crippen molar-refractivity contribution in [1.29, 1.82) is 0 Å². The molecule has 1 saturated heterocycles. The quantitative estimate of drug-likeness (QED) is 0.914. The standard InChI is InChI=1S/C17H28N2O/c1-13-5-6-15(11-14(13)2)17(20)12-19(4)16-7-9-18(3)10-8-16/h5-6,11,16-17,20H,7-10,12H2,1-4H3. The normalized spacial score (nSPS) is 19.5. The van der Waals surface area contributed by atoms with Gasteiger partial charge in [-0.15, -0.1) is 0 Å². The van der Waals surface area contributed by atoms with Crippen molar-refractivity contribution in [2.45, 2.75) is 38.8 Å². The summed E-state index contributed by atoms with van der Waals surface area (Å²) in [6.45, 7) is 7.25. The van der Waals surface area contributed by atoms with E-state index < -0.39 is 0 Å². The molecule has 3 nitrogen and oxygen atoms in total. The summed E-state index contributed by atoms with van der Waals surface area (Å²) >= 11 is 0. The van der Waals surface area contributed by atoms with Crippen molar-refractivity contribution in [2.24, 2.45) is 0 Å². The molecule has 20 heavy (non-hydrogen) atoms. The Kier molecular flexibility index (Phi) is 5.19. The minimum absolute atomic E-state index is 0.390. The topological polar surface area (TPSA) is 26.7 Å². The Balaban J connectivity index is 1.93. The van der Waals surface area contributed by atoms with Crippen LogP contribution in [-0.4, -0.2) is 54.7 Å². The largest absolute Gasteiger partial charge is 0.387 e. The van der Waals surface area contributed by atoms with Gasteiger partial charge in [0.15, 0.2) is 0 Å². The number of rotatable bonds is 4. The van der Waals surface area contributed by atoms with Gasteiger partial charge in [0.1, 0.15) is 0 Å². The lowest BCUT2D eigenvalue weighted by atomic mass is 10.0. The summed E-state index contributed by atoms with van der Waals surface area (Å²) in [7, 11) is 4.32. The van der Waals surface area contributed by atoms with Gasteiger partial charge < -0.3 is 14.9 Å². The molecule has 1 heterocycles. The molecule has 3 heteroatoms. The second-order valence-corrected chi connectivity index (χ2v) is 6.33. The Labute approximate surface area is 123 Å². The molecule has 1 N–H and O–H groups in total. The maximum absolute atomic E-state index is 10.4. The minimum atomic E-state index is -0.390. The molecular formula is C17H28N2O. The molecule has 0 radical (unpaired) electrons. The second-order valence-electron chi connectivity index (χ2n) is 6.33. The van der Waals surface area contributed by atoms with Gasteiger partial charge >= 0.3 is 0 Å². The van der Waals surface area contributed by atoms with E-state index in [9.17, 15) is 5.11 Å². The summed E-state index contributed by atoms with van der Waals surface area (Å²) in [5.74, 6) is 0. The van der Waals surface area contributed by atoms with Crippen LogP contribution in [0.1, 0.15) is 35.6 Å². The maximum Gasteiger partial charge on any atom is 0.0917 e. The van der Waals surface area contributed by atoms with Gasteiger partial charge in [-0.05, 0) is 70.6 Å². The maximum atomic E-state index is 10.4. The van der Waals surface area contributed by atoms with E-state index in [1.807, 2.05) is 0 Å². The smallest absolute Gasteiger partial charge is 0.0917 e. The minimum Gasteiger partial charge on any atom is -0.387 e. The molecule has 1 fully saturated rings. The molecule has 1 aromatic carbocycles. The van der Waals surface area contributed by atoms with E-state index in [-0.39, 0.29) is 6.10 Å². The third-order valence-electron chi connectivity index (χ3n) is 4.69. The summed E-state index contributed by atoms with van der Waals surface area (Å²) < 4.78 is 0. The number of aliphatic hydroxyl groups is 1. The lowest BCUT2D eigenvalue weighted by molar-refractivity contribution is 0.0788. The van der Waals surface area contributed by atoms with Crippen molar-refractivity contribution in [3.8, 4) is 0 Å². The lowest BCUT2D eigenvalue weighted by Gasteiger charge is -2.36. The highest BCUT2D eigenvalue weighted by atomic mass is 16.3. The van der Waals surface area contributed by atoms with E-state index >= 15 is 0 Å². The van der Waals surface area contributed by atoms with Crippen LogP contribution in [0, 0.1) is 13.8 Å². The van der Waals surface area contributed by atoms with E-state index in [0.29, 0.717) is 6.04 Å². The number of likely N-dealkylation sites (N-methyl/N-ethyl adjacent to an activating group) is 1. The molecule has 0 bridgehead atoms. The lowest BCUT2D eigenvalue weighted by Crippen LogP contribution is -2.43. The second kappa shape index (κ2) is 6.70. The Morgan fingerprint density at radius 1 is 1.25 bits per heavy atom. The van der Waals surface area contributed by atoms with Crippen LogP contribution in [0.5, 0.6) is 0 Å². The van der Waals surface area contributed by atoms with Gasteiger partial charge in [0.25, 0.3) is 0 Å². The fourth-order valence-corrected chi connectivity index (χ4v) is 2.93. The third kappa shape index (κ3) is 3.81. The predicted octanol–water partition coefficient (Wildman–Crippen LogP) is 2.36. The van der Waals surface area contributed by atoms with E-state index in [4.69, 9.17) is 0 Å². The molecule has 1 aromatic rings. The van der Waals surface area contributed by atoms with Gasteiger partial charge in [-0.3, -0.25) is 0 Å². The fourth-order valence-electron chi connectivity index (χ4n) is 2.93. The fraction of sp³-hybridized carbons (Fsp3) is 0.647. The van der Waals surface area contributed by atoms with E-state index in [1.165, 1.54) is 24.0 Å². The summed E-state index contributed by atoms with van der Waals surface area (Å²) in [5, 5.41) is 10.4. The zero-order chi connectivity index (χ0) is 14.7. The Bertz CT molecular complexity index is 439. The highest BCUT2D eigenvalue weighted by Crippen LogP contribution is 2.21. The van der Waals surface area contributed by atoms with Crippen molar-refractivity contribution in [3.63, 3.8) is 0 Å². The average Bonchev–Trinajstić information content (AvgIpc) is 2.42. The van der Waals surface area contributed by atoms with Gasteiger partial charge in [-0.1, -0.05) is 18.2 Å². The van der Waals surface area contributed by atoms with Crippen molar-refractivity contribution in [3.05, 3.63) is 34.9 Å². The number of nitrogens with zero attached hydrogens (tertiary/aromatic N) is 2. The molecule has 0 aliphatic carbocycles. The molecule has 1 atom stereocenters. The third-order valence-corrected chi connectivity index (χ3v) is 4.69. The molecule has 2 rings (SSSR count). The molecule has 1 unspecified atom stereocenters.